The van der Waals surface area contributed by atoms with Crippen molar-refractivity contribution in [2.24, 2.45) is 0 Å². The Morgan fingerprint density at radius 1 is 1.50 bits per heavy atom. The summed E-state index contributed by atoms with van der Waals surface area (Å²) < 4.78 is 0. The molecule has 1 N–H and O–H groups in total. The number of halogens is 1. The molecule has 0 fully saturated rings. The Kier molecular flexibility index (Phi) is 13.7. The summed E-state index contributed by atoms with van der Waals surface area (Å²) in [7, 11) is 1.96. The lowest BCUT2D eigenvalue weighted by Gasteiger charge is -1.87. The minimum Gasteiger partial charge on any atom is -0.319 e. The fourth-order valence-corrected chi connectivity index (χ4v) is 0.394. The lowest BCUT2D eigenvalue weighted by molar-refractivity contribution is 0.807. The van der Waals surface area contributed by atoms with Crippen molar-refractivity contribution in [3.8, 4) is 0 Å². The van der Waals surface area contributed by atoms with Gasteiger partial charge in [-0.2, -0.15) is 0 Å². The molecule has 0 atom stereocenters. The normalized spacial score (nSPS) is 9.25. The van der Waals surface area contributed by atoms with Crippen LogP contribution in [0.25, 0.3) is 0 Å². The molecule has 8 heavy (non-hydrogen) atoms. The van der Waals surface area contributed by atoms with E-state index < -0.39 is 0 Å². The largest absolute Gasteiger partial charge is 0.319 e. The van der Waals surface area contributed by atoms with Gasteiger partial charge in [0, 0.05) is 0 Å². The van der Waals surface area contributed by atoms with E-state index in [2.05, 4.69) is 17.5 Å². The van der Waals surface area contributed by atoms with E-state index in [1.54, 1.807) is 0 Å². The Bertz CT molecular complexity index is 52.5. The highest BCUT2D eigenvalue weighted by molar-refractivity contribution is 5.85. The van der Waals surface area contributed by atoms with Gasteiger partial charge in [0.15, 0.2) is 0 Å². The third kappa shape index (κ3) is 9.37. The van der Waals surface area contributed by atoms with E-state index in [4.69, 9.17) is 0 Å². The highest BCUT2D eigenvalue weighted by atomic mass is 35.5. The van der Waals surface area contributed by atoms with Crippen LogP contribution in [0.5, 0.6) is 0 Å². The lowest BCUT2D eigenvalue weighted by atomic mass is 10.4. The number of hydrogen-bond acceptors (Lipinski definition) is 1. The molecule has 0 spiro atoms. The molecule has 0 radical (unpaired) electrons. The van der Waals surface area contributed by atoms with Crippen molar-refractivity contribution in [2.45, 2.75) is 13.3 Å². The third-order valence-corrected chi connectivity index (χ3v) is 0.797. The van der Waals surface area contributed by atoms with E-state index in [0.717, 1.165) is 13.0 Å². The van der Waals surface area contributed by atoms with Crippen LogP contribution in [-0.4, -0.2) is 13.6 Å². The van der Waals surface area contributed by atoms with Gasteiger partial charge in [-0.05, 0) is 26.9 Å². The summed E-state index contributed by atoms with van der Waals surface area (Å²) in [6, 6.07) is 0. The Morgan fingerprint density at radius 3 is 2.50 bits per heavy atom. The molecule has 0 aliphatic carbocycles. The van der Waals surface area contributed by atoms with E-state index in [1.807, 2.05) is 14.0 Å². The van der Waals surface area contributed by atoms with Crippen molar-refractivity contribution >= 4 is 12.4 Å². The summed E-state index contributed by atoms with van der Waals surface area (Å²) in [6.07, 6.45) is 5.36. The summed E-state index contributed by atoms with van der Waals surface area (Å²) in [5.41, 5.74) is 0. The first kappa shape index (κ1) is 10.9. The fourth-order valence-electron chi connectivity index (χ4n) is 0.394. The van der Waals surface area contributed by atoms with Crippen LogP contribution in [0.4, 0.5) is 0 Å². The van der Waals surface area contributed by atoms with Gasteiger partial charge in [-0.25, -0.2) is 0 Å². The maximum absolute atomic E-state index is 3.05. The number of allylic oxidation sites excluding steroid dienone is 1. The minimum absolute atomic E-state index is 0. The van der Waals surface area contributed by atoms with Gasteiger partial charge in [-0.15, -0.1) is 12.4 Å². The molecule has 50 valence electrons. The molecule has 0 aromatic heterocycles. The SMILES string of the molecule is C/C=C/CCNC.Cl. The van der Waals surface area contributed by atoms with Gasteiger partial charge in [0.05, 0.1) is 0 Å². The second-order valence-corrected chi connectivity index (χ2v) is 1.46. The first-order chi connectivity index (χ1) is 3.41. The summed E-state index contributed by atoms with van der Waals surface area (Å²) in [6.45, 7) is 3.12. The monoisotopic (exact) mass is 135 g/mol. The molecule has 0 saturated heterocycles. The first-order valence-corrected chi connectivity index (χ1v) is 2.67. The fraction of sp³-hybridized carbons (Fsp3) is 0.667. The van der Waals surface area contributed by atoms with Crippen LogP contribution in [0.1, 0.15) is 13.3 Å². The smallest absolute Gasteiger partial charge is 0.00173 e. The van der Waals surface area contributed by atoms with E-state index in [0.29, 0.717) is 0 Å². The minimum atomic E-state index is 0. The summed E-state index contributed by atoms with van der Waals surface area (Å²) in [5.74, 6) is 0. The van der Waals surface area contributed by atoms with Gasteiger partial charge in [-0.1, -0.05) is 12.2 Å². The Hall–Kier alpha value is -0.0100. The number of nitrogens with one attached hydrogen (secondary N) is 1. The third-order valence-electron chi connectivity index (χ3n) is 0.797. The van der Waals surface area contributed by atoms with Gasteiger partial charge in [0.1, 0.15) is 0 Å². The molecule has 0 aromatic rings. The van der Waals surface area contributed by atoms with Gasteiger partial charge < -0.3 is 5.32 Å². The van der Waals surface area contributed by atoms with Crippen molar-refractivity contribution in [3.63, 3.8) is 0 Å². The Balaban J connectivity index is 0. The quantitative estimate of drug-likeness (QED) is 0.458. The summed E-state index contributed by atoms with van der Waals surface area (Å²) in [5, 5.41) is 3.05. The second kappa shape index (κ2) is 10.1. The molecule has 0 saturated carbocycles. The van der Waals surface area contributed by atoms with Crippen LogP contribution in [0.15, 0.2) is 12.2 Å². The van der Waals surface area contributed by atoms with Gasteiger partial charge in [0.2, 0.25) is 0 Å². The molecule has 0 heterocycles. The first-order valence-electron chi connectivity index (χ1n) is 2.67. The molecule has 1 nitrogen and oxygen atoms in total. The van der Waals surface area contributed by atoms with Crippen molar-refractivity contribution in [1.29, 1.82) is 0 Å². The topological polar surface area (TPSA) is 12.0 Å². The summed E-state index contributed by atoms with van der Waals surface area (Å²) >= 11 is 0. The molecule has 0 unspecified atom stereocenters. The standard InChI is InChI=1S/C6H13N.ClH/c1-3-4-5-6-7-2;/h3-4,7H,5-6H2,1-2H3;1H/b4-3+;. The molecule has 0 aliphatic rings. The second-order valence-electron chi connectivity index (χ2n) is 1.46. The number of hydrogen-bond donors (Lipinski definition) is 1. The van der Waals surface area contributed by atoms with Gasteiger partial charge in [-0.3, -0.25) is 0 Å². The van der Waals surface area contributed by atoms with E-state index in [9.17, 15) is 0 Å². The van der Waals surface area contributed by atoms with E-state index in [1.165, 1.54) is 0 Å². The molecule has 0 amide bonds. The number of rotatable bonds is 3. The zero-order valence-electron chi connectivity index (χ0n) is 5.48. The molecule has 0 aromatic carbocycles. The molecule has 0 aliphatic heterocycles. The van der Waals surface area contributed by atoms with Crippen molar-refractivity contribution in [3.05, 3.63) is 12.2 Å². The van der Waals surface area contributed by atoms with Crippen LogP contribution in [0, 0.1) is 0 Å². The van der Waals surface area contributed by atoms with E-state index in [-0.39, 0.29) is 12.4 Å². The van der Waals surface area contributed by atoms with Crippen LogP contribution in [0.3, 0.4) is 0 Å². The Morgan fingerprint density at radius 2 is 2.12 bits per heavy atom. The van der Waals surface area contributed by atoms with Crippen molar-refractivity contribution < 1.29 is 0 Å². The predicted molar refractivity (Wildman–Crippen MR) is 40.6 cm³/mol. The van der Waals surface area contributed by atoms with Crippen LogP contribution >= 0.6 is 12.4 Å². The predicted octanol–water partition coefficient (Wildman–Crippen LogP) is 1.59. The molecule has 0 rings (SSSR count). The van der Waals surface area contributed by atoms with Crippen LogP contribution in [0.2, 0.25) is 0 Å². The molecule has 0 bridgehead atoms. The van der Waals surface area contributed by atoms with E-state index >= 15 is 0 Å². The van der Waals surface area contributed by atoms with Gasteiger partial charge >= 0.3 is 0 Å². The average Bonchev–Trinajstić information content (AvgIpc) is 1.69. The average molecular weight is 136 g/mol. The molecular formula is C6H14ClN. The van der Waals surface area contributed by atoms with Crippen LogP contribution in [-0.2, 0) is 0 Å². The van der Waals surface area contributed by atoms with Crippen LogP contribution < -0.4 is 5.32 Å². The zero-order chi connectivity index (χ0) is 5.54. The molecular weight excluding hydrogens is 122 g/mol. The zero-order valence-corrected chi connectivity index (χ0v) is 6.29. The maximum Gasteiger partial charge on any atom is -0.00173 e. The highest BCUT2D eigenvalue weighted by Crippen LogP contribution is 1.76. The van der Waals surface area contributed by atoms with Gasteiger partial charge in [0.25, 0.3) is 0 Å². The summed E-state index contributed by atoms with van der Waals surface area (Å²) in [4.78, 5) is 0. The molecule has 2 heteroatoms. The maximum atomic E-state index is 3.05. The Labute approximate surface area is 57.6 Å². The van der Waals surface area contributed by atoms with Crippen molar-refractivity contribution in [1.82, 2.24) is 5.32 Å². The lowest BCUT2D eigenvalue weighted by Crippen LogP contribution is -2.05. The highest BCUT2D eigenvalue weighted by Gasteiger charge is 1.70. The van der Waals surface area contributed by atoms with Crippen molar-refractivity contribution in [2.75, 3.05) is 13.6 Å².